The van der Waals surface area contributed by atoms with Gasteiger partial charge in [-0.15, -0.1) is 0 Å². The smallest absolute Gasteiger partial charge is 0.242 e. The van der Waals surface area contributed by atoms with Crippen LogP contribution in [0.4, 0.5) is 4.39 Å². The molecule has 1 N–H and O–H groups in total. The summed E-state index contributed by atoms with van der Waals surface area (Å²) in [6.45, 7) is 4.77. The Balaban J connectivity index is 2.10. The minimum Gasteiger partial charge on any atom is -0.348 e. The largest absolute Gasteiger partial charge is 0.348 e. The number of nitrogens with zero attached hydrogens (tertiary/aromatic N) is 3. The van der Waals surface area contributed by atoms with Crippen molar-refractivity contribution in [1.82, 2.24) is 20.0 Å². The van der Waals surface area contributed by atoms with Crippen LogP contribution in [0.1, 0.15) is 29.4 Å². The maximum Gasteiger partial charge on any atom is 0.242 e. The van der Waals surface area contributed by atoms with Crippen LogP contribution in [0.2, 0.25) is 0 Å². The van der Waals surface area contributed by atoms with Gasteiger partial charge in [0.2, 0.25) is 5.91 Å². The van der Waals surface area contributed by atoms with Crippen LogP contribution in [0, 0.1) is 19.7 Å². The molecule has 2 aromatic rings. The molecule has 1 heterocycles. The van der Waals surface area contributed by atoms with Crippen molar-refractivity contribution in [2.45, 2.75) is 32.9 Å². The van der Waals surface area contributed by atoms with E-state index in [1.807, 2.05) is 27.9 Å². The molecule has 1 unspecified atom stereocenters. The fraction of sp³-hybridized carbons (Fsp3) is 0.444. The third-order valence-corrected chi connectivity index (χ3v) is 5.21. The lowest BCUT2D eigenvalue weighted by atomic mass is 10.0. The van der Waals surface area contributed by atoms with Gasteiger partial charge in [-0.25, -0.2) is 4.39 Å². The summed E-state index contributed by atoms with van der Waals surface area (Å²) in [6, 6.07) is 6.10. The van der Waals surface area contributed by atoms with Gasteiger partial charge >= 0.3 is 0 Å². The van der Waals surface area contributed by atoms with Crippen LogP contribution in [-0.2, 0) is 11.3 Å². The molecular formula is C18H24BrFN4O. The van der Waals surface area contributed by atoms with Gasteiger partial charge in [0, 0.05) is 0 Å². The van der Waals surface area contributed by atoms with Crippen molar-refractivity contribution in [3.8, 4) is 0 Å². The summed E-state index contributed by atoms with van der Waals surface area (Å²) in [5.41, 5.74) is 2.67. The zero-order valence-electron chi connectivity index (χ0n) is 15.0. The molecule has 1 aromatic heterocycles. The Morgan fingerprint density at radius 3 is 2.48 bits per heavy atom. The summed E-state index contributed by atoms with van der Waals surface area (Å²) >= 11 is 3.47. The summed E-state index contributed by atoms with van der Waals surface area (Å²) in [6.07, 6.45) is 0.741. The lowest BCUT2D eigenvalue weighted by molar-refractivity contribution is -0.122. The fourth-order valence-corrected chi connectivity index (χ4v) is 2.89. The molecule has 0 aliphatic carbocycles. The standard InChI is InChI=1S/C18H24BrFN4O/c1-12-18(19)13(2)24(22-12)11-17(25)21-16(9-10-23(3)4)14-5-7-15(20)8-6-14/h5-8,16H,9-11H2,1-4H3,(H,21,25). The van der Waals surface area contributed by atoms with E-state index in [2.05, 4.69) is 31.2 Å². The van der Waals surface area contributed by atoms with Gasteiger partial charge in [-0.05, 0) is 74.5 Å². The Morgan fingerprint density at radius 1 is 1.32 bits per heavy atom. The molecule has 0 bridgehead atoms. The average Bonchev–Trinajstić information content (AvgIpc) is 2.79. The van der Waals surface area contributed by atoms with Crippen molar-refractivity contribution < 1.29 is 9.18 Å². The van der Waals surface area contributed by atoms with Gasteiger partial charge in [-0.3, -0.25) is 9.48 Å². The quantitative estimate of drug-likeness (QED) is 0.762. The summed E-state index contributed by atoms with van der Waals surface area (Å²) in [5, 5.41) is 7.42. The lowest BCUT2D eigenvalue weighted by Crippen LogP contribution is -2.33. The minimum absolute atomic E-state index is 0.119. The van der Waals surface area contributed by atoms with Crippen molar-refractivity contribution in [2.24, 2.45) is 0 Å². The van der Waals surface area contributed by atoms with E-state index in [-0.39, 0.29) is 24.3 Å². The first-order valence-electron chi connectivity index (χ1n) is 8.17. The molecule has 5 nitrogen and oxygen atoms in total. The number of carbonyl (C=O) groups excluding carboxylic acids is 1. The van der Waals surface area contributed by atoms with Crippen LogP contribution in [0.15, 0.2) is 28.7 Å². The Bertz CT molecular complexity index is 727. The monoisotopic (exact) mass is 410 g/mol. The fourth-order valence-electron chi connectivity index (χ4n) is 2.61. The molecule has 1 atom stereocenters. The molecule has 25 heavy (non-hydrogen) atoms. The van der Waals surface area contributed by atoms with Gasteiger partial charge < -0.3 is 10.2 Å². The highest BCUT2D eigenvalue weighted by Crippen LogP contribution is 2.20. The van der Waals surface area contributed by atoms with Gasteiger partial charge in [-0.1, -0.05) is 12.1 Å². The first-order chi connectivity index (χ1) is 11.8. The molecular weight excluding hydrogens is 387 g/mol. The van der Waals surface area contributed by atoms with E-state index in [1.54, 1.807) is 16.8 Å². The van der Waals surface area contributed by atoms with Crippen molar-refractivity contribution in [3.05, 3.63) is 51.5 Å². The zero-order valence-corrected chi connectivity index (χ0v) is 16.6. The van der Waals surface area contributed by atoms with Gasteiger partial charge in [-0.2, -0.15) is 5.10 Å². The number of benzene rings is 1. The Hall–Kier alpha value is -1.73. The number of rotatable bonds is 7. The van der Waals surface area contributed by atoms with Crippen LogP contribution in [0.5, 0.6) is 0 Å². The van der Waals surface area contributed by atoms with E-state index in [1.165, 1.54) is 12.1 Å². The maximum atomic E-state index is 13.2. The first-order valence-corrected chi connectivity index (χ1v) is 8.96. The molecule has 0 spiro atoms. The normalized spacial score (nSPS) is 12.4. The van der Waals surface area contributed by atoms with Gasteiger partial charge in [0.05, 0.1) is 21.9 Å². The highest BCUT2D eigenvalue weighted by Gasteiger charge is 2.17. The molecule has 2 rings (SSSR count). The van der Waals surface area contributed by atoms with Crippen LogP contribution in [0.25, 0.3) is 0 Å². The maximum absolute atomic E-state index is 13.2. The third-order valence-electron chi connectivity index (χ3n) is 4.06. The summed E-state index contributed by atoms with van der Waals surface area (Å²) in [4.78, 5) is 14.6. The van der Waals surface area contributed by atoms with Gasteiger partial charge in [0.15, 0.2) is 0 Å². The number of aromatic nitrogens is 2. The molecule has 1 aromatic carbocycles. The summed E-state index contributed by atoms with van der Waals surface area (Å²) in [5.74, 6) is -0.403. The number of amides is 1. The van der Waals surface area contributed by atoms with E-state index in [4.69, 9.17) is 0 Å². The van der Waals surface area contributed by atoms with Crippen molar-refractivity contribution in [1.29, 1.82) is 0 Å². The summed E-state index contributed by atoms with van der Waals surface area (Å²) < 4.78 is 15.8. The Kier molecular flexibility index (Phi) is 6.72. The van der Waals surface area contributed by atoms with Crippen molar-refractivity contribution >= 4 is 21.8 Å². The Labute approximate surface area is 156 Å². The van der Waals surface area contributed by atoms with Crippen molar-refractivity contribution in [2.75, 3.05) is 20.6 Å². The topological polar surface area (TPSA) is 50.2 Å². The first kappa shape index (κ1) is 19.6. The zero-order chi connectivity index (χ0) is 18.6. The Morgan fingerprint density at radius 2 is 1.96 bits per heavy atom. The predicted molar refractivity (Wildman–Crippen MR) is 99.9 cm³/mol. The predicted octanol–water partition coefficient (Wildman–Crippen LogP) is 3.21. The molecule has 0 saturated heterocycles. The molecule has 0 saturated carbocycles. The van der Waals surface area contributed by atoms with Crippen molar-refractivity contribution in [3.63, 3.8) is 0 Å². The average molecular weight is 411 g/mol. The molecule has 136 valence electrons. The molecule has 0 aliphatic heterocycles. The number of hydrogen-bond donors (Lipinski definition) is 1. The number of aryl methyl sites for hydroxylation is 1. The summed E-state index contributed by atoms with van der Waals surface area (Å²) in [7, 11) is 3.97. The highest BCUT2D eigenvalue weighted by molar-refractivity contribution is 9.10. The lowest BCUT2D eigenvalue weighted by Gasteiger charge is -2.21. The van der Waals surface area contributed by atoms with Crippen LogP contribution in [0.3, 0.4) is 0 Å². The van der Waals surface area contributed by atoms with Crippen LogP contribution >= 0.6 is 15.9 Å². The van der Waals surface area contributed by atoms with E-state index in [0.29, 0.717) is 0 Å². The second-order valence-corrected chi connectivity index (χ2v) is 7.20. The van der Waals surface area contributed by atoms with Gasteiger partial charge in [0.25, 0.3) is 0 Å². The van der Waals surface area contributed by atoms with Crippen LogP contribution in [-0.4, -0.2) is 41.2 Å². The molecule has 0 aliphatic rings. The van der Waals surface area contributed by atoms with E-state index in [9.17, 15) is 9.18 Å². The van der Waals surface area contributed by atoms with E-state index >= 15 is 0 Å². The molecule has 1 amide bonds. The van der Waals surface area contributed by atoms with Crippen LogP contribution < -0.4 is 5.32 Å². The third kappa shape index (κ3) is 5.37. The highest BCUT2D eigenvalue weighted by atomic mass is 79.9. The molecule has 0 radical (unpaired) electrons. The van der Waals surface area contributed by atoms with E-state index < -0.39 is 0 Å². The second kappa shape index (κ2) is 8.58. The number of carbonyl (C=O) groups is 1. The number of nitrogens with one attached hydrogen (secondary N) is 1. The van der Waals surface area contributed by atoms with E-state index in [0.717, 1.165) is 34.4 Å². The SMILES string of the molecule is Cc1nn(CC(=O)NC(CCN(C)C)c2ccc(F)cc2)c(C)c1Br. The minimum atomic E-state index is -0.283. The number of halogens is 2. The molecule has 0 fully saturated rings. The number of hydrogen-bond acceptors (Lipinski definition) is 3. The second-order valence-electron chi connectivity index (χ2n) is 6.41. The van der Waals surface area contributed by atoms with Gasteiger partial charge in [0.1, 0.15) is 12.4 Å². The molecule has 7 heteroatoms.